The fraction of sp³-hybridized carbons (Fsp3) is 0.294. The molecule has 0 heterocycles. The van der Waals surface area contributed by atoms with Crippen molar-refractivity contribution in [1.29, 1.82) is 0 Å². The number of rotatable bonds is 3. The molecule has 2 rings (SSSR count). The zero-order chi connectivity index (χ0) is 15.6. The molecule has 2 aromatic rings. The normalized spacial score (nSPS) is 13.0. The predicted octanol–water partition coefficient (Wildman–Crippen LogP) is 5.50. The molecule has 21 heavy (non-hydrogen) atoms. The van der Waals surface area contributed by atoms with Crippen LogP contribution in [0.3, 0.4) is 0 Å². The van der Waals surface area contributed by atoms with Crippen molar-refractivity contribution in [1.82, 2.24) is 0 Å². The molecule has 0 aromatic heterocycles. The Hall–Kier alpha value is -1.97. The fourth-order valence-electron chi connectivity index (χ4n) is 2.35. The van der Waals surface area contributed by atoms with Gasteiger partial charge in [-0.1, -0.05) is 30.3 Å². The predicted molar refractivity (Wildman–Crippen MR) is 79.4 cm³/mol. The van der Waals surface area contributed by atoms with E-state index in [4.69, 9.17) is 0 Å². The smallest absolute Gasteiger partial charge is 0.378 e. The second-order valence-electron chi connectivity index (χ2n) is 5.20. The van der Waals surface area contributed by atoms with Crippen molar-refractivity contribution in [2.45, 2.75) is 33.0 Å². The van der Waals surface area contributed by atoms with Crippen LogP contribution in [0.4, 0.5) is 18.9 Å². The molecule has 0 fully saturated rings. The van der Waals surface area contributed by atoms with Crippen LogP contribution in [0.2, 0.25) is 0 Å². The van der Waals surface area contributed by atoms with Crippen molar-refractivity contribution in [3.63, 3.8) is 0 Å². The summed E-state index contributed by atoms with van der Waals surface area (Å²) in [6, 6.07) is 11.0. The van der Waals surface area contributed by atoms with E-state index in [1.807, 2.05) is 32.0 Å². The Labute approximate surface area is 122 Å². The molecule has 1 atom stereocenters. The minimum atomic E-state index is -4.34. The highest BCUT2D eigenvalue weighted by Gasteiger charge is 2.34. The molecule has 0 aliphatic carbocycles. The van der Waals surface area contributed by atoms with Gasteiger partial charge in [-0.15, -0.1) is 0 Å². The Morgan fingerprint density at radius 2 is 1.62 bits per heavy atom. The van der Waals surface area contributed by atoms with Crippen LogP contribution >= 0.6 is 0 Å². The van der Waals surface area contributed by atoms with E-state index in [0.29, 0.717) is 0 Å². The van der Waals surface area contributed by atoms with Gasteiger partial charge in [0.2, 0.25) is 0 Å². The molecule has 0 bridgehead atoms. The highest BCUT2D eigenvalue weighted by atomic mass is 19.4. The lowest BCUT2D eigenvalue weighted by Crippen LogP contribution is -2.15. The van der Waals surface area contributed by atoms with Gasteiger partial charge >= 0.3 is 6.18 Å². The maximum absolute atomic E-state index is 13.1. The number of benzene rings is 2. The van der Waals surface area contributed by atoms with Gasteiger partial charge in [0.1, 0.15) is 0 Å². The highest BCUT2D eigenvalue weighted by Crippen LogP contribution is 2.35. The van der Waals surface area contributed by atoms with Crippen molar-refractivity contribution < 1.29 is 13.2 Å². The van der Waals surface area contributed by atoms with Gasteiger partial charge in [0.25, 0.3) is 0 Å². The van der Waals surface area contributed by atoms with Crippen molar-refractivity contribution in [2.24, 2.45) is 0 Å². The molecule has 1 N–H and O–H groups in total. The fourth-order valence-corrected chi connectivity index (χ4v) is 2.35. The molecule has 0 saturated carbocycles. The Kier molecular flexibility index (Phi) is 4.26. The summed E-state index contributed by atoms with van der Waals surface area (Å²) in [6.45, 7) is 5.68. The summed E-state index contributed by atoms with van der Waals surface area (Å²) in [6.07, 6.45) is -4.34. The number of alkyl halides is 3. The number of hydrogen-bond donors (Lipinski definition) is 1. The van der Waals surface area contributed by atoms with Crippen molar-refractivity contribution >= 4 is 5.69 Å². The second-order valence-corrected chi connectivity index (χ2v) is 5.20. The lowest BCUT2D eigenvalue weighted by molar-refractivity contribution is -0.138. The van der Waals surface area contributed by atoms with Gasteiger partial charge in [-0.3, -0.25) is 0 Å². The van der Waals surface area contributed by atoms with E-state index in [-0.39, 0.29) is 5.56 Å². The van der Waals surface area contributed by atoms with Crippen LogP contribution in [0, 0.1) is 13.8 Å². The SMILES string of the molecule is Cc1cccc(NC(C)c2ccccc2C(F)(F)F)c1C. The number of aryl methyl sites for hydroxylation is 1. The van der Waals surface area contributed by atoms with Crippen molar-refractivity contribution in [3.8, 4) is 0 Å². The molecule has 112 valence electrons. The van der Waals surface area contributed by atoms with Crippen LogP contribution < -0.4 is 5.32 Å². The van der Waals surface area contributed by atoms with Crippen LogP contribution in [0.15, 0.2) is 42.5 Å². The molecule has 1 nitrogen and oxygen atoms in total. The van der Waals surface area contributed by atoms with E-state index < -0.39 is 17.8 Å². The van der Waals surface area contributed by atoms with Crippen molar-refractivity contribution in [3.05, 3.63) is 64.7 Å². The van der Waals surface area contributed by atoms with Gasteiger partial charge < -0.3 is 5.32 Å². The second kappa shape index (κ2) is 5.80. The van der Waals surface area contributed by atoms with Gasteiger partial charge in [-0.2, -0.15) is 13.2 Å². The molecule has 0 aliphatic rings. The molecule has 4 heteroatoms. The third-order valence-corrected chi connectivity index (χ3v) is 3.71. The largest absolute Gasteiger partial charge is 0.416 e. The average Bonchev–Trinajstić information content (AvgIpc) is 2.43. The molecular weight excluding hydrogens is 275 g/mol. The summed E-state index contributed by atoms with van der Waals surface area (Å²) in [5, 5.41) is 3.18. The maximum atomic E-state index is 13.1. The number of halogens is 3. The standard InChI is InChI=1S/C17H18F3N/c1-11-7-6-10-16(12(11)2)21-13(3)14-8-4-5-9-15(14)17(18,19)20/h4-10,13,21H,1-3H3. The molecule has 1 unspecified atom stereocenters. The van der Waals surface area contributed by atoms with Gasteiger partial charge in [0.05, 0.1) is 5.56 Å². The van der Waals surface area contributed by atoms with E-state index in [2.05, 4.69) is 5.32 Å². The minimum Gasteiger partial charge on any atom is -0.378 e. The third-order valence-electron chi connectivity index (χ3n) is 3.71. The van der Waals surface area contributed by atoms with E-state index in [0.717, 1.165) is 22.9 Å². The maximum Gasteiger partial charge on any atom is 0.416 e. The highest BCUT2D eigenvalue weighted by molar-refractivity contribution is 5.55. The van der Waals surface area contributed by atoms with E-state index in [1.54, 1.807) is 13.0 Å². The molecule has 2 aromatic carbocycles. The van der Waals surface area contributed by atoms with Gasteiger partial charge in [-0.05, 0) is 49.6 Å². The van der Waals surface area contributed by atoms with Crippen LogP contribution in [-0.4, -0.2) is 0 Å². The summed E-state index contributed by atoms with van der Waals surface area (Å²) in [7, 11) is 0. The lowest BCUT2D eigenvalue weighted by Gasteiger charge is -2.22. The molecule has 0 amide bonds. The molecule has 0 radical (unpaired) electrons. The lowest BCUT2D eigenvalue weighted by atomic mass is 10.00. The Bertz CT molecular complexity index is 632. The van der Waals surface area contributed by atoms with E-state index in [9.17, 15) is 13.2 Å². The van der Waals surface area contributed by atoms with Gasteiger partial charge in [0.15, 0.2) is 0 Å². The summed E-state index contributed by atoms with van der Waals surface area (Å²) >= 11 is 0. The monoisotopic (exact) mass is 293 g/mol. The first-order valence-corrected chi connectivity index (χ1v) is 6.79. The quantitative estimate of drug-likeness (QED) is 0.788. The summed E-state index contributed by atoms with van der Waals surface area (Å²) in [5.41, 5.74) is 2.69. The Morgan fingerprint density at radius 3 is 2.29 bits per heavy atom. The zero-order valence-corrected chi connectivity index (χ0v) is 12.3. The van der Waals surface area contributed by atoms with Crippen LogP contribution in [0.5, 0.6) is 0 Å². The Balaban J connectivity index is 2.33. The molecular formula is C17H18F3N. The molecule has 0 aliphatic heterocycles. The number of hydrogen-bond acceptors (Lipinski definition) is 1. The first-order valence-electron chi connectivity index (χ1n) is 6.79. The summed E-state index contributed by atoms with van der Waals surface area (Å²) in [4.78, 5) is 0. The summed E-state index contributed by atoms with van der Waals surface area (Å²) in [5.74, 6) is 0. The van der Waals surface area contributed by atoms with Crippen LogP contribution in [-0.2, 0) is 6.18 Å². The van der Waals surface area contributed by atoms with E-state index in [1.165, 1.54) is 12.1 Å². The first kappa shape index (κ1) is 15.4. The number of nitrogens with one attached hydrogen (secondary N) is 1. The van der Waals surface area contributed by atoms with Gasteiger partial charge in [0, 0.05) is 11.7 Å². The third kappa shape index (κ3) is 3.38. The molecule has 0 saturated heterocycles. The average molecular weight is 293 g/mol. The summed E-state index contributed by atoms with van der Waals surface area (Å²) < 4.78 is 39.2. The van der Waals surface area contributed by atoms with Crippen LogP contribution in [0.1, 0.15) is 35.2 Å². The van der Waals surface area contributed by atoms with Crippen LogP contribution in [0.25, 0.3) is 0 Å². The zero-order valence-electron chi connectivity index (χ0n) is 12.3. The number of anilines is 1. The molecule has 0 spiro atoms. The minimum absolute atomic E-state index is 0.255. The van der Waals surface area contributed by atoms with Crippen molar-refractivity contribution in [2.75, 3.05) is 5.32 Å². The first-order chi connectivity index (χ1) is 9.80. The topological polar surface area (TPSA) is 12.0 Å². The van der Waals surface area contributed by atoms with Gasteiger partial charge in [-0.25, -0.2) is 0 Å². The van der Waals surface area contributed by atoms with E-state index >= 15 is 0 Å². The Morgan fingerprint density at radius 1 is 0.952 bits per heavy atom.